The van der Waals surface area contributed by atoms with Gasteiger partial charge in [0.15, 0.2) is 8.32 Å². The van der Waals surface area contributed by atoms with Crippen LogP contribution in [0.1, 0.15) is 74.6 Å². The average Bonchev–Trinajstić information content (AvgIpc) is 2.87. The minimum atomic E-state index is -2.35. The number of β-amino-alcohol motifs (C(OH)–C–C–N with tert-alkyl or cyclic N) is 1. The molecule has 7 heteroatoms. The van der Waals surface area contributed by atoms with E-state index in [9.17, 15) is 14.7 Å². The average molecular weight is 554 g/mol. The van der Waals surface area contributed by atoms with Crippen LogP contribution < -0.4 is 0 Å². The molecule has 0 spiro atoms. The Bertz CT molecular complexity index is 1080. The van der Waals surface area contributed by atoms with Gasteiger partial charge in [0.1, 0.15) is 0 Å². The highest BCUT2D eigenvalue weighted by Gasteiger charge is 2.38. The molecule has 0 bridgehead atoms. The zero-order valence-electron chi connectivity index (χ0n) is 25.4. The minimum absolute atomic E-state index is 0.0405. The van der Waals surface area contributed by atoms with Gasteiger partial charge >= 0.3 is 0 Å². The number of rotatable bonds is 11. The Kier molecular flexibility index (Phi) is 10.6. The van der Waals surface area contributed by atoms with Crippen molar-refractivity contribution in [2.75, 3.05) is 39.3 Å². The van der Waals surface area contributed by atoms with Crippen LogP contribution in [0.4, 0.5) is 0 Å². The van der Waals surface area contributed by atoms with E-state index in [1.807, 2.05) is 44.0 Å². The normalized spacial score (nSPS) is 20.2. The Morgan fingerprint density at radius 3 is 2.23 bits per heavy atom. The third kappa shape index (κ3) is 7.38. The van der Waals surface area contributed by atoms with Crippen molar-refractivity contribution in [3.8, 4) is 0 Å². The van der Waals surface area contributed by atoms with E-state index in [1.54, 1.807) is 0 Å². The first-order valence-corrected chi connectivity index (χ1v) is 17.6. The van der Waals surface area contributed by atoms with E-state index in [-0.39, 0.29) is 23.6 Å². The molecule has 3 atom stereocenters. The van der Waals surface area contributed by atoms with E-state index in [2.05, 4.69) is 73.9 Å². The lowest BCUT2D eigenvalue weighted by Gasteiger charge is -2.47. The molecule has 1 fully saturated rings. The summed E-state index contributed by atoms with van der Waals surface area (Å²) < 4.78 is 0. The Labute approximate surface area is 237 Å². The first kappa shape index (κ1) is 31.5. The standard InChI is InChI=1S/C32H51N3O3Si/c1-9-33(10-2)31(37)28-16-14-27(15-17-28)30(35-23-24(3)34(18-19-36)22-25(35)4)29-13-11-12-26(20-29)21-32(5,6)39(7,8)38/h11-17,20,24-25,30,36,38H,9-10,18-19,21-23H2,1-8H3/t24-,25+,30-/m1/s1. The third-order valence-electron chi connectivity index (χ3n) is 8.98. The number of aliphatic hydroxyl groups excluding tert-OH is 1. The highest BCUT2D eigenvalue weighted by molar-refractivity contribution is 6.72. The van der Waals surface area contributed by atoms with Crippen LogP contribution in [-0.2, 0) is 6.42 Å². The van der Waals surface area contributed by atoms with Gasteiger partial charge in [-0.15, -0.1) is 0 Å². The van der Waals surface area contributed by atoms with Crippen LogP contribution in [-0.4, -0.2) is 90.2 Å². The van der Waals surface area contributed by atoms with Gasteiger partial charge in [-0.3, -0.25) is 14.6 Å². The van der Waals surface area contributed by atoms with Crippen LogP contribution in [0.5, 0.6) is 0 Å². The van der Waals surface area contributed by atoms with Gasteiger partial charge in [0.2, 0.25) is 0 Å². The number of benzene rings is 2. The molecular formula is C32H51N3O3Si. The van der Waals surface area contributed by atoms with Crippen LogP contribution in [0, 0.1) is 0 Å². The van der Waals surface area contributed by atoms with E-state index in [4.69, 9.17) is 0 Å². The molecule has 1 heterocycles. The molecule has 2 aromatic carbocycles. The number of hydrogen-bond donors (Lipinski definition) is 2. The molecule has 1 aliphatic heterocycles. The number of piperazine rings is 1. The van der Waals surface area contributed by atoms with E-state index >= 15 is 0 Å². The zero-order valence-corrected chi connectivity index (χ0v) is 26.4. The molecule has 1 saturated heterocycles. The Balaban J connectivity index is 2.02. The predicted octanol–water partition coefficient (Wildman–Crippen LogP) is 5.17. The summed E-state index contributed by atoms with van der Waals surface area (Å²) in [5, 5.41) is 9.43. The van der Waals surface area contributed by atoms with Gasteiger partial charge in [-0.05, 0) is 81.1 Å². The summed E-state index contributed by atoms with van der Waals surface area (Å²) in [4.78, 5) is 30.7. The number of carbonyl (C=O) groups is 1. The zero-order chi connectivity index (χ0) is 29.0. The largest absolute Gasteiger partial charge is 0.432 e. The Hall–Kier alpha value is -2.03. The number of hydrogen-bond acceptors (Lipinski definition) is 5. The van der Waals surface area contributed by atoms with Gasteiger partial charge in [-0.25, -0.2) is 0 Å². The highest BCUT2D eigenvalue weighted by atomic mass is 28.4. The maximum Gasteiger partial charge on any atom is 0.253 e. The summed E-state index contributed by atoms with van der Waals surface area (Å²) >= 11 is 0. The minimum Gasteiger partial charge on any atom is -0.432 e. The maximum absolute atomic E-state index is 13.0. The van der Waals surface area contributed by atoms with Crippen molar-refractivity contribution < 1.29 is 14.7 Å². The molecule has 1 aliphatic rings. The lowest BCUT2D eigenvalue weighted by molar-refractivity contribution is 0.0160. The second-order valence-corrected chi connectivity index (χ2v) is 17.0. The summed E-state index contributed by atoms with van der Waals surface area (Å²) in [6, 6.07) is 17.7. The fourth-order valence-electron chi connectivity index (χ4n) is 5.70. The molecule has 2 N–H and O–H groups in total. The lowest BCUT2D eigenvalue weighted by Crippen LogP contribution is -2.57. The van der Waals surface area contributed by atoms with Crippen LogP contribution in [0.2, 0.25) is 18.1 Å². The van der Waals surface area contributed by atoms with Crippen molar-refractivity contribution in [2.24, 2.45) is 0 Å². The first-order chi connectivity index (χ1) is 18.3. The van der Waals surface area contributed by atoms with Crippen molar-refractivity contribution in [1.29, 1.82) is 0 Å². The summed E-state index contributed by atoms with van der Waals surface area (Å²) in [5.74, 6) is 0.0720. The van der Waals surface area contributed by atoms with Crippen molar-refractivity contribution in [3.05, 3.63) is 70.8 Å². The maximum atomic E-state index is 13.0. The highest BCUT2D eigenvalue weighted by Crippen LogP contribution is 2.40. The van der Waals surface area contributed by atoms with Gasteiger partial charge in [0.05, 0.1) is 12.6 Å². The lowest BCUT2D eigenvalue weighted by atomic mass is 9.90. The second kappa shape index (κ2) is 13.1. The molecule has 39 heavy (non-hydrogen) atoms. The fraction of sp³-hybridized carbons (Fsp3) is 0.594. The van der Waals surface area contributed by atoms with Gasteiger partial charge in [0.25, 0.3) is 5.91 Å². The molecule has 0 unspecified atom stereocenters. The summed E-state index contributed by atoms with van der Waals surface area (Å²) in [7, 11) is -2.35. The van der Waals surface area contributed by atoms with Gasteiger partial charge in [-0.2, -0.15) is 0 Å². The monoisotopic (exact) mass is 553 g/mol. The summed E-state index contributed by atoms with van der Waals surface area (Å²) in [6.07, 6.45) is 0.830. The van der Waals surface area contributed by atoms with E-state index in [0.717, 1.165) is 25.1 Å². The van der Waals surface area contributed by atoms with Gasteiger partial charge < -0.3 is 14.8 Å². The molecule has 0 aliphatic carbocycles. The molecular weight excluding hydrogens is 502 g/mol. The van der Waals surface area contributed by atoms with Gasteiger partial charge in [-0.1, -0.05) is 50.2 Å². The Morgan fingerprint density at radius 1 is 1.03 bits per heavy atom. The number of aliphatic hydroxyl groups is 1. The number of nitrogens with zero attached hydrogens (tertiary/aromatic N) is 3. The molecule has 2 aromatic rings. The van der Waals surface area contributed by atoms with Crippen molar-refractivity contribution in [1.82, 2.24) is 14.7 Å². The van der Waals surface area contributed by atoms with Crippen molar-refractivity contribution in [3.63, 3.8) is 0 Å². The van der Waals surface area contributed by atoms with Gasteiger partial charge in [0, 0.05) is 50.4 Å². The van der Waals surface area contributed by atoms with Crippen molar-refractivity contribution in [2.45, 2.75) is 84.2 Å². The summed E-state index contributed by atoms with van der Waals surface area (Å²) in [6.45, 7) is 21.0. The molecule has 6 nitrogen and oxygen atoms in total. The molecule has 1 amide bonds. The van der Waals surface area contributed by atoms with Crippen LogP contribution in [0.15, 0.2) is 48.5 Å². The van der Waals surface area contributed by atoms with E-state index in [1.165, 1.54) is 16.7 Å². The number of amides is 1. The van der Waals surface area contributed by atoms with Crippen LogP contribution >= 0.6 is 0 Å². The molecule has 0 radical (unpaired) electrons. The molecule has 0 aromatic heterocycles. The second-order valence-electron chi connectivity index (χ2n) is 12.5. The summed E-state index contributed by atoms with van der Waals surface area (Å²) in [5.41, 5.74) is 4.37. The van der Waals surface area contributed by atoms with E-state index < -0.39 is 8.32 Å². The van der Waals surface area contributed by atoms with Crippen LogP contribution in [0.25, 0.3) is 0 Å². The topological polar surface area (TPSA) is 67.3 Å². The first-order valence-electron chi connectivity index (χ1n) is 14.6. The number of carbonyl (C=O) groups excluding carboxylic acids is 1. The molecule has 3 rings (SSSR count). The van der Waals surface area contributed by atoms with Crippen LogP contribution in [0.3, 0.4) is 0 Å². The van der Waals surface area contributed by atoms with Crippen molar-refractivity contribution >= 4 is 14.2 Å². The van der Waals surface area contributed by atoms with E-state index in [0.29, 0.717) is 31.7 Å². The Morgan fingerprint density at radius 2 is 1.67 bits per heavy atom. The third-order valence-corrected chi connectivity index (χ3v) is 12.5. The SMILES string of the molecule is CCN(CC)C(=O)c1ccc([C@H](c2cccc(CC(C)(C)[Si](C)(C)O)c2)N2C[C@@H](C)N(CCO)C[C@@H]2C)cc1. The fourth-order valence-corrected chi connectivity index (χ4v) is 6.34. The quantitative estimate of drug-likeness (QED) is 0.376. The molecule has 216 valence electrons. The predicted molar refractivity (Wildman–Crippen MR) is 164 cm³/mol. The smallest absolute Gasteiger partial charge is 0.253 e. The molecule has 0 saturated carbocycles.